The van der Waals surface area contributed by atoms with Crippen molar-refractivity contribution in [2.24, 2.45) is 41.4 Å². The lowest BCUT2D eigenvalue weighted by atomic mass is 9.76. The van der Waals surface area contributed by atoms with E-state index in [-0.39, 0.29) is 53.9 Å². The minimum Gasteiger partial charge on any atom is -0.483 e. The quantitative estimate of drug-likeness (QED) is 0.0220. The second-order valence-electron chi connectivity index (χ2n) is 20.7. The number of hydrogen-bond donors (Lipinski definition) is 4. The standard InChI is InChI=1S/C47H80O7.C8H18.C2H6O.CH2O2/c1-11-27-47(53,46(52)40(9)48)39(8)22-17-13-15-20-33(2)19-14-12-16-21-34(3)28-36(5)44(50)32-45(51)38(7)30-37(6)43(49)26-25-35(4)29-41-23-18-24-42(31-41)54-10;1-4-5-6-7-8(2)3;1-3-2;2-1-3/h12,14,16,19,21,30,34-37,39,41-42,45-46,51-53H,11,13,15,17-18,20,22-29,31-32H2,1-10H3;8H,4-7H2,1-3H3;1-2H3;1H,(H,2,3)/b14-12+,21-16+,33-19+,38-30+;;;/t34-,35+,36?,37-,39?,41?,42?,45?,46?,47?;;;/m1.../s1. The number of carbonyl (C=O) groups excluding carboxylic acids is 3. The van der Waals surface area contributed by atoms with Crippen LogP contribution in [0.3, 0.4) is 0 Å². The average Bonchev–Trinajstić information content (AvgIpc) is 3.28. The summed E-state index contributed by atoms with van der Waals surface area (Å²) < 4.78 is 9.83. The van der Waals surface area contributed by atoms with Crippen molar-refractivity contribution in [2.75, 3.05) is 21.3 Å². The molecule has 1 fully saturated rings. The molecule has 0 aliphatic heterocycles. The minimum absolute atomic E-state index is 0.0376. The molecule has 0 spiro atoms. The first-order chi connectivity index (χ1) is 32.0. The van der Waals surface area contributed by atoms with Crippen LogP contribution in [0.5, 0.6) is 0 Å². The maximum absolute atomic E-state index is 13.0. The van der Waals surface area contributed by atoms with Gasteiger partial charge >= 0.3 is 0 Å². The monoisotopic (exact) mass is 963 g/mol. The van der Waals surface area contributed by atoms with E-state index in [0.29, 0.717) is 49.2 Å². The molecule has 0 amide bonds. The topological polar surface area (TPSA) is 168 Å². The van der Waals surface area contributed by atoms with Crippen molar-refractivity contribution < 1.29 is 49.1 Å². The summed E-state index contributed by atoms with van der Waals surface area (Å²) in [6.07, 6.45) is 29.9. The molecule has 1 saturated carbocycles. The van der Waals surface area contributed by atoms with Crippen molar-refractivity contribution in [3.8, 4) is 0 Å². The molecule has 68 heavy (non-hydrogen) atoms. The Labute approximate surface area is 417 Å². The number of allylic oxidation sites excluding steroid dienone is 7. The van der Waals surface area contributed by atoms with Gasteiger partial charge in [0.2, 0.25) is 0 Å². The number of aliphatic hydroxyl groups is 3. The summed E-state index contributed by atoms with van der Waals surface area (Å²) in [6, 6.07) is 0. The molecule has 0 heterocycles. The van der Waals surface area contributed by atoms with Crippen molar-refractivity contribution >= 4 is 23.8 Å². The Morgan fingerprint density at radius 3 is 1.96 bits per heavy atom. The van der Waals surface area contributed by atoms with E-state index in [1.165, 1.54) is 51.0 Å². The van der Waals surface area contributed by atoms with E-state index in [4.69, 9.17) is 14.6 Å². The van der Waals surface area contributed by atoms with E-state index in [1.54, 1.807) is 21.3 Å². The number of ketones is 3. The third kappa shape index (κ3) is 35.4. The van der Waals surface area contributed by atoms with Crippen LogP contribution in [-0.4, -0.2) is 89.5 Å². The highest BCUT2D eigenvalue weighted by molar-refractivity contribution is 5.83. The minimum atomic E-state index is -1.36. The summed E-state index contributed by atoms with van der Waals surface area (Å²) in [5, 5.41) is 39.0. The molecule has 10 atom stereocenters. The third-order valence-corrected chi connectivity index (χ3v) is 13.4. The number of aliphatic hydroxyl groups excluding tert-OH is 2. The first kappa shape index (κ1) is 69.5. The van der Waals surface area contributed by atoms with Gasteiger partial charge in [-0.05, 0) is 114 Å². The molecule has 1 aliphatic rings. The molecular formula is C58H106O10. The van der Waals surface area contributed by atoms with E-state index >= 15 is 0 Å². The fourth-order valence-corrected chi connectivity index (χ4v) is 9.00. The highest BCUT2D eigenvalue weighted by Crippen LogP contribution is 2.33. The Bertz CT molecular complexity index is 1410. The molecule has 0 radical (unpaired) electrons. The van der Waals surface area contributed by atoms with Crippen LogP contribution in [0.1, 0.15) is 212 Å². The van der Waals surface area contributed by atoms with E-state index in [9.17, 15) is 29.7 Å². The molecule has 10 heteroatoms. The number of carbonyl (C=O) groups is 4. The van der Waals surface area contributed by atoms with Gasteiger partial charge in [0, 0.05) is 46.0 Å². The van der Waals surface area contributed by atoms with Gasteiger partial charge in [-0.3, -0.25) is 19.2 Å². The van der Waals surface area contributed by atoms with Gasteiger partial charge in [0.1, 0.15) is 23.3 Å². The molecule has 1 rings (SSSR count). The van der Waals surface area contributed by atoms with Crippen LogP contribution in [0, 0.1) is 41.4 Å². The summed E-state index contributed by atoms with van der Waals surface area (Å²) in [5.41, 5.74) is 0.622. The van der Waals surface area contributed by atoms with Crippen LogP contribution < -0.4 is 0 Å². The molecule has 4 N–H and O–H groups in total. The number of ether oxygens (including phenoxy) is 2. The third-order valence-electron chi connectivity index (χ3n) is 13.4. The zero-order valence-electron chi connectivity index (χ0n) is 46.2. The van der Waals surface area contributed by atoms with E-state index in [1.807, 2.05) is 58.9 Å². The highest BCUT2D eigenvalue weighted by Gasteiger charge is 2.42. The molecule has 0 bridgehead atoms. The normalized spacial score (nSPS) is 19.5. The Kier molecular flexibility index (Phi) is 44.0. The number of rotatable bonds is 32. The van der Waals surface area contributed by atoms with Crippen molar-refractivity contribution in [1.82, 2.24) is 0 Å². The first-order valence-electron chi connectivity index (χ1n) is 26.4. The molecular weight excluding hydrogens is 857 g/mol. The highest BCUT2D eigenvalue weighted by atomic mass is 16.5. The van der Waals surface area contributed by atoms with Crippen molar-refractivity contribution in [1.29, 1.82) is 0 Å². The van der Waals surface area contributed by atoms with Crippen LogP contribution >= 0.6 is 0 Å². The van der Waals surface area contributed by atoms with Crippen molar-refractivity contribution in [3.05, 3.63) is 47.6 Å². The lowest BCUT2D eigenvalue weighted by molar-refractivity contribution is -0.152. The van der Waals surface area contributed by atoms with Crippen molar-refractivity contribution in [2.45, 2.75) is 235 Å². The lowest BCUT2D eigenvalue weighted by Gasteiger charge is -2.37. The van der Waals surface area contributed by atoms with E-state index in [2.05, 4.69) is 58.4 Å². The fraction of sp³-hybridized carbons (Fsp3) is 0.793. The van der Waals surface area contributed by atoms with Gasteiger partial charge in [-0.25, -0.2) is 0 Å². The fourth-order valence-electron chi connectivity index (χ4n) is 9.00. The van der Waals surface area contributed by atoms with Crippen LogP contribution in [0.2, 0.25) is 0 Å². The number of hydrogen-bond acceptors (Lipinski definition) is 9. The largest absolute Gasteiger partial charge is 0.483 e. The molecule has 0 aromatic carbocycles. The molecule has 10 nitrogen and oxygen atoms in total. The molecule has 1 aliphatic carbocycles. The van der Waals surface area contributed by atoms with Gasteiger partial charge in [0.05, 0.1) is 12.2 Å². The smallest absolute Gasteiger partial charge is 0.290 e. The van der Waals surface area contributed by atoms with Gasteiger partial charge in [-0.1, -0.05) is 162 Å². The zero-order chi connectivity index (χ0) is 52.7. The first-order valence-corrected chi connectivity index (χ1v) is 26.4. The van der Waals surface area contributed by atoms with E-state index < -0.39 is 17.8 Å². The van der Waals surface area contributed by atoms with Crippen LogP contribution in [-0.2, 0) is 28.7 Å². The van der Waals surface area contributed by atoms with Crippen LogP contribution in [0.25, 0.3) is 0 Å². The maximum Gasteiger partial charge on any atom is 0.290 e. The SMILES string of the molecule is CCCC(O)(C(C)CCCCC/C(C)=C/C=C/C=C/[C@@H](C)CC(C)C(=O)CC(O)/C(C)=C/[C@@H](C)C(=O)CC[C@H](C)CC1CCCC(OC)C1)C(O)C(C)=O.CCCCCC(C)C.COC.O=CO. The number of methoxy groups -OCH3 is 2. The van der Waals surface area contributed by atoms with Gasteiger partial charge in [0.25, 0.3) is 6.47 Å². The second kappa shape index (κ2) is 43.1. The summed E-state index contributed by atoms with van der Waals surface area (Å²) in [4.78, 5) is 46.0. The summed E-state index contributed by atoms with van der Waals surface area (Å²) in [6.45, 7) is 23.9. The van der Waals surface area contributed by atoms with Gasteiger partial charge in [0.15, 0.2) is 5.78 Å². The Morgan fingerprint density at radius 2 is 1.40 bits per heavy atom. The van der Waals surface area contributed by atoms with E-state index in [0.717, 1.165) is 63.7 Å². The molecule has 0 saturated heterocycles. The Balaban J connectivity index is -0.00000262. The van der Waals surface area contributed by atoms with Crippen LogP contribution in [0.15, 0.2) is 47.6 Å². The van der Waals surface area contributed by atoms with Crippen molar-refractivity contribution in [3.63, 3.8) is 0 Å². The summed E-state index contributed by atoms with van der Waals surface area (Å²) in [7, 11) is 5.06. The van der Waals surface area contributed by atoms with Crippen LogP contribution in [0.4, 0.5) is 0 Å². The number of unbranched alkanes of at least 4 members (excludes halogenated alkanes) is 4. The van der Waals surface area contributed by atoms with Gasteiger partial charge < -0.3 is 29.9 Å². The van der Waals surface area contributed by atoms with Gasteiger partial charge in [-0.15, -0.1) is 0 Å². The molecule has 0 aromatic heterocycles. The second-order valence-corrected chi connectivity index (χ2v) is 20.7. The predicted octanol–water partition coefficient (Wildman–Crippen LogP) is 13.4. The molecule has 7 unspecified atom stereocenters. The molecule has 0 aromatic rings. The Hall–Kier alpha value is -2.76. The summed E-state index contributed by atoms with van der Waals surface area (Å²) in [5.74, 6) is 1.54. The molecule has 398 valence electrons. The predicted molar refractivity (Wildman–Crippen MR) is 284 cm³/mol. The van der Waals surface area contributed by atoms with Gasteiger partial charge in [-0.2, -0.15) is 0 Å². The number of Topliss-reactive ketones (excluding diaryl/α,β-unsaturated/α-hetero) is 3. The summed E-state index contributed by atoms with van der Waals surface area (Å²) >= 11 is 0. The number of carboxylic acid groups (broad SMARTS) is 1. The zero-order valence-corrected chi connectivity index (χ0v) is 46.2. The lowest BCUT2D eigenvalue weighted by Crippen LogP contribution is -2.51. The Morgan fingerprint density at radius 1 is 0.779 bits per heavy atom. The maximum atomic E-state index is 13.0. The average molecular weight is 963 g/mol.